The molecule has 0 radical (unpaired) electrons. The molecule has 0 spiro atoms. The second-order valence-corrected chi connectivity index (χ2v) is 8.98. The standard InChI is InChI=1S/C20H22N4O4S/c1-14-20(15(2)28-23-14)29(25,26)24-11-10-16(12-24)13-27-19-9-8-18(21-22-19)17-6-4-3-5-7-17/h3-9,16H,10-13H2,1-2H3. The Hall–Kier alpha value is -2.78. The Kier molecular flexibility index (Phi) is 5.33. The van der Waals surface area contributed by atoms with E-state index in [1.54, 1.807) is 19.9 Å². The van der Waals surface area contributed by atoms with Crippen LogP contribution < -0.4 is 4.74 Å². The minimum absolute atomic E-state index is 0.0841. The zero-order valence-electron chi connectivity index (χ0n) is 16.3. The summed E-state index contributed by atoms with van der Waals surface area (Å²) in [5.41, 5.74) is 2.15. The van der Waals surface area contributed by atoms with Gasteiger partial charge in [-0.05, 0) is 26.3 Å². The molecule has 152 valence electrons. The van der Waals surface area contributed by atoms with Crippen LogP contribution in [0, 0.1) is 19.8 Å². The number of hydrogen-bond donors (Lipinski definition) is 0. The third-order valence-corrected chi connectivity index (χ3v) is 7.10. The molecule has 1 unspecified atom stereocenters. The van der Waals surface area contributed by atoms with Crippen LogP contribution in [0.2, 0.25) is 0 Å². The fraction of sp³-hybridized carbons (Fsp3) is 0.350. The van der Waals surface area contributed by atoms with Crippen LogP contribution in [0.4, 0.5) is 0 Å². The minimum Gasteiger partial charge on any atom is -0.476 e. The molecule has 1 aliphatic rings. The molecule has 2 aromatic heterocycles. The van der Waals surface area contributed by atoms with Gasteiger partial charge in [0.25, 0.3) is 0 Å². The van der Waals surface area contributed by atoms with Crippen molar-refractivity contribution in [3.63, 3.8) is 0 Å². The zero-order valence-corrected chi connectivity index (χ0v) is 17.1. The van der Waals surface area contributed by atoms with Gasteiger partial charge in [0.15, 0.2) is 5.76 Å². The number of ether oxygens (including phenoxy) is 1. The normalized spacial score (nSPS) is 17.5. The Labute approximate surface area is 169 Å². The molecule has 9 heteroatoms. The quantitative estimate of drug-likeness (QED) is 0.612. The van der Waals surface area contributed by atoms with Crippen molar-refractivity contribution < 1.29 is 17.7 Å². The van der Waals surface area contributed by atoms with Crippen LogP contribution in [0.1, 0.15) is 17.9 Å². The first kappa shape index (κ1) is 19.5. The second-order valence-electron chi connectivity index (χ2n) is 7.10. The first-order chi connectivity index (χ1) is 13.9. The molecular weight excluding hydrogens is 392 g/mol. The largest absolute Gasteiger partial charge is 0.476 e. The lowest BCUT2D eigenvalue weighted by molar-refractivity contribution is 0.244. The predicted molar refractivity (Wildman–Crippen MR) is 106 cm³/mol. The van der Waals surface area contributed by atoms with Crippen molar-refractivity contribution in [1.82, 2.24) is 19.7 Å². The van der Waals surface area contributed by atoms with Crippen molar-refractivity contribution >= 4 is 10.0 Å². The summed E-state index contributed by atoms with van der Waals surface area (Å²) < 4.78 is 38.0. The van der Waals surface area contributed by atoms with E-state index in [2.05, 4.69) is 15.4 Å². The summed E-state index contributed by atoms with van der Waals surface area (Å²) in [6, 6.07) is 13.4. The molecule has 0 bridgehead atoms. The number of sulfonamides is 1. The lowest BCUT2D eigenvalue weighted by atomic mass is 10.1. The molecule has 3 heterocycles. The summed E-state index contributed by atoms with van der Waals surface area (Å²) in [4.78, 5) is 0.168. The smallest absolute Gasteiger partial charge is 0.248 e. The van der Waals surface area contributed by atoms with Crippen LogP contribution in [0.3, 0.4) is 0 Å². The first-order valence-electron chi connectivity index (χ1n) is 9.40. The molecule has 0 N–H and O–H groups in total. The Morgan fingerprint density at radius 1 is 1.14 bits per heavy atom. The molecule has 1 atom stereocenters. The fourth-order valence-corrected chi connectivity index (χ4v) is 5.31. The maximum absolute atomic E-state index is 12.9. The third-order valence-electron chi connectivity index (χ3n) is 4.99. The van der Waals surface area contributed by atoms with Gasteiger partial charge >= 0.3 is 0 Å². The lowest BCUT2D eigenvalue weighted by Crippen LogP contribution is -2.30. The van der Waals surface area contributed by atoms with Crippen molar-refractivity contribution in [3.8, 4) is 17.1 Å². The molecule has 29 heavy (non-hydrogen) atoms. The molecule has 0 aliphatic carbocycles. The highest BCUT2D eigenvalue weighted by atomic mass is 32.2. The van der Waals surface area contributed by atoms with E-state index >= 15 is 0 Å². The predicted octanol–water partition coefficient (Wildman–Crippen LogP) is 2.84. The van der Waals surface area contributed by atoms with Gasteiger partial charge in [-0.25, -0.2) is 8.42 Å². The van der Waals surface area contributed by atoms with Gasteiger partial charge in [-0.15, -0.1) is 10.2 Å². The van der Waals surface area contributed by atoms with E-state index in [9.17, 15) is 8.42 Å². The van der Waals surface area contributed by atoms with E-state index in [1.165, 1.54) is 4.31 Å². The molecule has 1 fully saturated rings. The Morgan fingerprint density at radius 2 is 1.93 bits per heavy atom. The highest BCUT2D eigenvalue weighted by Crippen LogP contribution is 2.28. The number of hydrogen-bond acceptors (Lipinski definition) is 7. The van der Waals surface area contributed by atoms with E-state index in [1.807, 2.05) is 36.4 Å². The topological polar surface area (TPSA) is 98.4 Å². The molecule has 1 aromatic carbocycles. The average molecular weight is 414 g/mol. The summed E-state index contributed by atoms with van der Waals surface area (Å²) in [7, 11) is -3.62. The van der Waals surface area contributed by atoms with Crippen LogP contribution in [-0.4, -0.2) is 47.8 Å². The van der Waals surface area contributed by atoms with Gasteiger partial charge in [0, 0.05) is 30.6 Å². The Morgan fingerprint density at radius 3 is 2.59 bits per heavy atom. The van der Waals surface area contributed by atoms with Crippen LogP contribution in [0.5, 0.6) is 5.88 Å². The van der Waals surface area contributed by atoms with Crippen molar-refractivity contribution in [2.24, 2.45) is 5.92 Å². The summed E-state index contributed by atoms with van der Waals surface area (Å²) in [6.45, 7) is 4.47. The number of aryl methyl sites for hydroxylation is 2. The Bertz CT molecular complexity index is 1060. The monoisotopic (exact) mass is 414 g/mol. The molecule has 4 rings (SSSR count). The fourth-order valence-electron chi connectivity index (χ4n) is 3.49. The zero-order chi connectivity index (χ0) is 20.4. The molecule has 1 saturated heterocycles. The van der Waals surface area contributed by atoms with Crippen molar-refractivity contribution in [3.05, 3.63) is 53.9 Å². The SMILES string of the molecule is Cc1noc(C)c1S(=O)(=O)N1CCC(COc2ccc(-c3ccccc3)nn2)C1. The molecule has 1 aliphatic heterocycles. The summed E-state index contributed by atoms with van der Waals surface area (Å²) in [5.74, 6) is 0.827. The number of rotatable bonds is 6. The van der Waals surface area contributed by atoms with Crippen molar-refractivity contribution in [2.45, 2.75) is 25.2 Å². The van der Waals surface area contributed by atoms with Crippen molar-refractivity contribution in [1.29, 1.82) is 0 Å². The minimum atomic E-state index is -3.62. The van der Waals surface area contributed by atoms with Gasteiger partial charge in [-0.2, -0.15) is 4.31 Å². The van der Waals surface area contributed by atoms with Crippen LogP contribution >= 0.6 is 0 Å². The first-order valence-corrected chi connectivity index (χ1v) is 10.8. The van der Waals surface area contributed by atoms with Gasteiger partial charge in [0.2, 0.25) is 15.9 Å². The molecule has 3 aromatic rings. The maximum Gasteiger partial charge on any atom is 0.248 e. The maximum atomic E-state index is 12.9. The Balaban J connectivity index is 1.36. The van der Waals surface area contributed by atoms with Gasteiger partial charge < -0.3 is 9.26 Å². The summed E-state index contributed by atoms with van der Waals surface area (Å²) >= 11 is 0. The molecule has 0 amide bonds. The number of nitrogens with zero attached hydrogens (tertiary/aromatic N) is 4. The van der Waals surface area contributed by atoms with E-state index < -0.39 is 10.0 Å². The average Bonchev–Trinajstić information content (AvgIpc) is 3.34. The molecule has 8 nitrogen and oxygen atoms in total. The summed E-state index contributed by atoms with van der Waals surface area (Å²) in [5, 5.41) is 12.1. The van der Waals surface area contributed by atoms with Crippen LogP contribution in [0.25, 0.3) is 11.3 Å². The molecular formula is C20H22N4O4S. The van der Waals surface area contributed by atoms with Gasteiger partial charge in [-0.3, -0.25) is 0 Å². The van der Waals surface area contributed by atoms with Gasteiger partial charge in [0.1, 0.15) is 10.6 Å². The second kappa shape index (κ2) is 7.92. The lowest BCUT2D eigenvalue weighted by Gasteiger charge is -2.16. The van der Waals surface area contributed by atoms with E-state index in [0.717, 1.165) is 17.7 Å². The third kappa shape index (κ3) is 4.01. The van der Waals surface area contributed by atoms with Crippen LogP contribution in [0.15, 0.2) is 51.9 Å². The van der Waals surface area contributed by atoms with E-state index in [4.69, 9.17) is 9.26 Å². The van der Waals surface area contributed by atoms with Crippen LogP contribution in [-0.2, 0) is 10.0 Å². The summed E-state index contributed by atoms with van der Waals surface area (Å²) in [6.07, 6.45) is 0.720. The van der Waals surface area contributed by atoms with Gasteiger partial charge in [0.05, 0.1) is 12.3 Å². The highest BCUT2D eigenvalue weighted by molar-refractivity contribution is 7.89. The number of aromatic nitrogens is 3. The van der Waals surface area contributed by atoms with Gasteiger partial charge in [-0.1, -0.05) is 35.5 Å². The van der Waals surface area contributed by atoms with E-state index in [0.29, 0.717) is 37.0 Å². The van der Waals surface area contributed by atoms with Crippen molar-refractivity contribution in [2.75, 3.05) is 19.7 Å². The molecule has 0 saturated carbocycles. The highest BCUT2D eigenvalue weighted by Gasteiger charge is 2.36. The number of benzene rings is 1. The van der Waals surface area contributed by atoms with E-state index in [-0.39, 0.29) is 10.8 Å².